The number of anilines is 1. The third kappa shape index (κ3) is 3.21. The van der Waals surface area contributed by atoms with Crippen LogP contribution in [0.1, 0.15) is 28.8 Å². The third-order valence-corrected chi connectivity index (χ3v) is 5.82. The third-order valence-electron chi connectivity index (χ3n) is 4.64. The number of aliphatic hydroxyl groups is 1. The lowest BCUT2D eigenvalue weighted by Gasteiger charge is -2.32. The number of rotatable bonds is 3. The zero-order valence-electron chi connectivity index (χ0n) is 13.2. The van der Waals surface area contributed by atoms with E-state index in [-0.39, 0.29) is 18.4 Å². The van der Waals surface area contributed by atoms with Gasteiger partial charge in [0.05, 0.1) is 11.9 Å². The maximum absolute atomic E-state index is 12.7. The second-order valence-electron chi connectivity index (χ2n) is 6.37. The van der Waals surface area contributed by atoms with Crippen LogP contribution in [-0.4, -0.2) is 56.8 Å². The molecule has 2 aliphatic heterocycles. The van der Waals surface area contributed by atoms with E-state index in [1.54, 1.807) is 17.0 Å². The van der Waals surface area contributed by atoms with Gasteiger partial charge in [-0.25, -0.2) is 8.42 Å². The van der Waals surface area contributed by atoms with Crippen LogP contribution in [0.25, 0.3) is 0 Å². The van der Waals surface area contributed by atoms with Gasteiger partial charge in [-0.2, -0.15) is 0 Å². The molecule has 0 radical (unpaired) electrons. The number of likely N-dealkylation sites (tertiary alicyclic amines) is 1. The molecule has 23 heavy (non-hydrogen) atoms. The first-order valence-corrected chi connectivity index (χ1v) is 9.76. The largest absolute Gasteiger partial charge is 0.396 e. The van der Waals surface area contributed by atoms with Crippen molar-refractivity contribution < 1.29 is 18.3 Å². The van der Waals surface area contributed by atoms with Gasteiger partial charge in [0.2, 0.25) is 10.0 Å². The van der Waals surface area contributed by atoms with Crippen molar-refractivity contribution in [1.82, 2.24) is 4.90 Å². The van der Waals surface area contributed by atoms with E-state index in [1.807, 2.05) is 6.07 Å². The van der Waals surface area contributed by atoms with E-state index in [0.717, 1.165) is 18.4 Å². The summed E-state index contributed by atoms with van der Waals surface area (Å²) in [6.45, 7) is 1.84. The normalized spacial score (nSPS) is 21.4. The molecule has 2 aliphatic rings. The van der Waals surface area contributed by atoms with Crippen molar-refractivity contribution in [2.45, 2.75) is 19.3 Å². The lowest BCUT2D eigenvalue weighted by atomic mass is 9.98. The van der Waals surface area contributed by atoms with E-state index >= 15 is 0 Å². The Kier molecular flexibility index (Phi) is 4.33. The Morgan fingerprint density at radius 3 is 2.83 bits per heavy atom. The molecule has 1 saturated heterocycles. The number of benzene rings is 1. The molecular weight excluding hydrogens is 316 g/mol. The number of nitrogens with zero attached hydrogens (tertiary/aromatic N) is 2. The molecule has 126 valence electrons. The fourth-order valence-electron chi connectivity index (χ4n) is 3.43. The van der Waals surface area contributed by atoms with Crippen LogP contribution >= 0.6 is 0 Å². The average molecular weight is 338 g/mol. The first-order chi connectivity index (χ1) is 10.9. The number of hydrogen-bond acceptors (Lipinski definition) is 4. The second-order valence-corrected chi connectivity index (χ2v) is 8.28. The Balaban J connectivity index is 1.81. The summed E-state index contributed by atoms with van der Waals surface area (Å²) in [5.41, 5.74) is 2.17. The minimum atomic E-state index is -3.27. The quantitative estimate of drug-likeness (QED) is 0.886. The smallest absolute Gasteiger partial charge is 0.253 e. The molecule has 0 spiro atoms. The fourth-order valence-corrected chi connectivity index (χ4v) is 4.39. The molecular formula is C16H22N2O4S. The van der Waals surface area contributed by atoms with E-state index in [2.05, 4.69) is 0 Å². The van der Waals surface area contributed by atoms with E-state index in [4.69, 9.17) is 0 Å². The van der Waals surface area contributed by atoms with Gasteiger partial charge < -0.3 is 10.0 Å². The summed E-state index contributed by atoms with van der Waals surface area (Å²) >= 11 is 0. The Morgan fingerprint density at radius 1 is 1.35 bits per heavy atom. The van der Waals surface area contributed by atoms with Gasteiger partial charge >= 0.3 is 0 Å². The first kappa shape index (κ1) is 16.3. The van der Waals surface area contributed by atoms with E-state index in [0.29, 0.717) is 37.3 Å². The highest BCUT2D eigenvalue weighted by molar-refractivity contribution is 7.92. The van der Waals surface area contributed by atoms with Gasteiger partial charge in [0.15, 0.2) is 0 Å². The maximum Gasteiger partial charge on any atom is 0.253 e. The summed E-state index contributed by atoms with van der Waals surface area (Å²) in [7, 11) is -3.27. The van der Waals surface area contributed by atoms with Crippen molar-refractivity contribution in [2.75, 3.05) is 36.8 Å². The molecule has 1 aromatic rings. The van der Waals surface area contributed by atoms with E-state index < -0.39 is 10.0 Å². The van der Waals surface area contributed by atoms with Gasteiger partial charge in [-0.05, 0) is 48.9 Å². The number of hydrogen-bond donors (Lipinski definition) is 1. The van der Waals surface area contributed by atoms with Gasteiger partial charge in [-0.1, -0.05) is 0 Å². The van der Waals surface area contributed by atoms with Crippen molar-refractivity contribution in [1.29, 1.82) is 0 Å². The molecule has 6 nitrogen and oxygen atoms in total. The van der Waals surface area contributed by atoms with Crippen LogP contribution in [0.3, 0.4) is 0 Å². The molecule has 3 rings (SSSR count). The molecule has 1 N–H and O–H groups in total. The highest BCUT2D eigenvalue weighted by Gasteiger charge is 2.28. The number of fused-ring (bicyclic) bond motifs is 1. The van der Waals surface area contributed by atoms with Crippen LogP contribution in [0.4, 0.5) is 5.69 Å². The van der Waals surface area contributed by atoms with Crippen molar-refractivity contribution in [3.8, 4) is 0 Å². The predicted molar refractivity (Wildman–Crippen MR) is 88.0 cm³/mol. The zero-order valence-corrected chi connectivity index (χ0v) is 14.1. The standard InChI is InChI=1S/C16H22N2O4S/c1-23(21,22)18-8-6-13-9-14(4-5-15(13)18)16(20)17-7-2-3-12(10-17)11-19/h4-5,9,12,19H,2-3,6-8,10-11H2,1H3/t12-/m0/s1. The number of carbonyl (C=O) groups is 1. The van der Waals surface area contributed by atoms with Gasteiger partial charge in [-0.3, -0.25) is 9.10 Å². The lowest BCUT2D eigenvalue weighted by Crippen LogP contribution is -2.40. The van der Waals surface area contributed by atoms with Gasteiger partial charge in [-0.15, -0.1) is 0 Å². The molecule has 0 unspecified atom stereocenters. The van der Waals surface area contributed by atoms with Gasteiger partial charge in [0, 0.05) is 31.8 Å². The molecule has 1 aromatic carbocycles. The topological polar surface area (TPSA) is 77.9 Å². The minimum absolute atomic E-state index is 0.0382. The lowest BCUT2D eigenvalue weighted by molar-refractivity contribution is 0.0620. The SMILES string of the molecule is CS(=O)(=O)N1CCc2cc(C(=O)N3CCC[C@H](CO)C3)ccc21. The molecule has 1 amide bonds. The number of amides is 1. The number of sulfonamides is 1. The van der Waals surface area contributed by atoms with Crippen molar-refractivity contribution in [3.63, 3.8) is 0 Å². The first-order valence-electron chi connectivity index (χ1n) is 7.91. The molecule has 1 fully saturated rings. The number of carbonyl (C=O) groups excluding carboxylic acids is 1. The molecule has 0 aliphatic carbocycles. The average Bonchev–Trinajstić information content (AvgIpc) is 2.97. The Morgan fingerprint density at radius 2 is 2.13 bits per heavy atom. The van der Waals surface area contributed by atoms with E-state index in [1.165, 1.54) is 10.6 Å². The van der Waals surface area contributed by atoms with Gasteiger partial charge in [0.25, 0.3) is 5.91 Å². The fraction of sp³-hybridized carbons (Fsp3) is 0.562. The number of piperidine rings is 1. The summed E-state index contributed by atoms with van der Waals surface area (Å²) in [5.74, 6) is 0.117. The Labute approximate surface area is 136 Å². The summed E-state index contributed by atoms with van der Waals surface area (Å²) in [5, 5.41) is 9.29. The molecule has 1 atom stereocenters. The summed E-state index contributed by atoms with van der Waals surface area (Å²) in [6.07, 6.45) is 3.68. The molecule has 2 heterocycles. The van der Waals surface area contributed by atoms with Crippen molar-refractivity contribution in [2.24, 2.45) is 5.92 Å². The molecule has 0 bridgehead atoms. The predicted octanol–water partition coefficient (Wildman–Crippen LogP) is 0.853. The number of aliphatic hydroxyl groups excluding tert-OH is 1. The molecule has 0 aromatic heterocycles. The van der Waals surface area contributed by atoms with Crippen molar-refractivity contribution >= 4 is 21.6 Å². The highest BCUT2D eigenvalue weighted by atomic mass is 32.2. The van der Waals surface area contributed by atoms with Crippen LogP contribution in [0.2, 0.25) is 0 Å². The maximum atomic E-state index is 12.7. The van der Waals surface area contributed by atoms with Crippen LogP contribution in [0.5, 0.6) is 0 Å². The zero-order chi connectivity index (χ0) is 16.6. The van der Waals surface area contributed by atoms with Crippen LogP contribution in [-0.2, 0) is 16.4 Å². The Bertz CT molecular complexity index is 717. The minimum Gasteiger partial charge on any atom is -0.396 e. The van der Waals surface area contributed by atoms with E-state index in [9.17, 15) is 18.3 Å². The summed E-state index contributed by atoms with van der Waals surface area (Å²) in [4.78, 5) is 14.4. The highest BCUT2D eigenvalue weighted by Crippen LogP contribution is 2.31. The van der Waals surface area contributed by atoms with Gasteiger partial charge in [0.1, 0.15) is 0 Å². The second kappa shape index (κ2) is 6.13. The summed E-state index contributed by atoms with van der Waals surface area (Å²) in [6, 6.07) is 5.24. The Hall–Kier alpha value is -1.60. The molecule has 7 heteroatoms. The molecule has 0 saturated carbocycles. The monoisotopic (exact) mass is 338 g/mol. The summed E-state index contributed by atoms with van der Waals surface area (Å²) < 4.78 is 24.9. The van der Waals surface area contributed by atoms with Crippen molar-refractivity contribution in [3.05, 3.63) is 29.3 Å². The van der Waals surface area contributed by atoms with Crippen LogP contribution in [0.15, 0.2) is 18.2 Å². The van der Waals surface area contributed by atoms with Crippen LogP contribution < -0.4 is 4.31 Å². The van der Waals surface area contributed by atoms with Crippen LogP contribution in [0, 0.1) is 5.92 Å².